The number of piperidine rings is 1. The molecule has 70 valence electrons. The van der Waals surface area contributed by atoms with Crippen LogP contribution >= 0.6 is 0 Å². The zero-order valence-electron chi connectivity index (χ0n) is 6.93. The molecule has 0 aromatic rings. The predicted octanol–water partition coefficient (Wildman–Crippen LogP) is -0.254. The minimum absolute atomic E-state index is 0.257. The number of amides is 1. The van der Waals surface area contributed by atoms with Crippen molar-refractivity contribution >= 4 is 6.09 Å². The number of rotatable bonds is 1. The van der Waals surface area contributed by atoms with Gasteiger partial charge in [0.05, 0.1) is 12.6 Å². The zero-order chi connectivity index (χ0) is 9.14. The second-order valence-electron chi connectivity index (χ2n) is 2.86. The van der Waals surface area contributed by atoms with Crippen LogP contribution in [0.15, 0.2) is 0 Å². The van der Waals surface area contributed by atoms with Crippen molar-refractivity contribution in [2.45, 2.75) is 18.6 Å². The Kier molecular flexibility index (Phi) is 2.88. The van der Waals surface area contributed by atoms with Gasteiger partial charge in [-0.3, -0.25) is 0 Å². The third-order valence-electron chi connectivity index (χ3n) is 2.10. The van der Waals surface area contributed by atoms with E-state index in [4.69, 9.17) is 9.84 Å². The lowest BCUT2D eigenvalue weighted by atomic mass is 10.1. The molecule has 0 aromatic heterocycles. The number of nitrogens with zero attached hydrogens (tertiary/aromatic N) is 1. The van der Waals surface area contributed by atoms with Gasteiger partial charge in [0.15, 0.2) is 0 Å². The molecule has 1 aliphatic heterocycles. The second kappa shape index (κ2) is 3.73. The van der Waals surface area contributed by atoms with E-state index in [1.54, 1.807) is 0 Å². The molecule has 1 heterocycles. The highest BCUT2D eigenvalue weighted by Gasteiger charge is 2.29. The van der Waals surface area contributed by atoms with Gasteiger partial charge in [0.1, 0.15) is 6.10 Å². The van der Waals surface area contributed by atoms with Crippen LogP contribution in [0.4, 0.5) is 4.79 Å². The minimum Gasteiger partial charge on any atom is -0.465 e. The maximum absolute atomic E-state index is 10.5. The fourth-order valence-corrected chi connectivity index (χ4v) is 1.31. The Morgan fingerprint density at radius 3 is 2.83 bits per heavy atom. The van der Waals surface area contributed by atoms with E-state index in [1.807, 2.05) is 0 Å². The van der Waals surface area contributed by atoms with Gasteiger partial charge in [-0.1, -0.05) is 0 Å². The molecule has 5 nitrogen and oxygen atoms in total. The number of hydrogen-bond acceptors (Lipinski definition) is 3. The maximum atomic E-state index is 10.5. The first-order valence-electron chi connectivity index (χ1n) is 3.84. The van der Waals surface area contributed by atoms with E-state index in [1.165, 1.54) is 12.0 Å². The van der Waals surface area contributed by atoms with Crippen LogP contribution in [0.2, 0.25) is 0 Å². The van der Waals surface area contributed by atoms with E-state index in [0.717, 1.165) is 0 Å². The summed E-state index contributed by atoms with van der Waals surface area (Å²) in [7, 11) is 1.47. The van der Waals surface area contributed by atoms with E-state index in [-0.39, 0.29) is 12.6 Å². The Morgan fingerprint density at radius 1 is 1.67 bits per heavy atom. The summed E-state index contributed by atoms with van der Waals surface area (Å²) in [4.78, 5) is 11.8. The summed E-state index contributed by atoms with van der Waals surface area (Å²) in [5.41, 5.74) is 0. The van der Waals surface area contributed by atoms with E-state index < -0.39 is 12.2 Å². The van der Waals surface area contributed by atoms with Crippen LogP contribution in [0.1, 0.15) is 6.42 Å². The SMILES string of the molecule is CO[C@@H]1CN(C(=O)O)CC[C@@H]1O. The van der Waals surface area contributed by atoms with E-state index in [0.29, 0.717) is 13.0 Å². The second-order valence-corrected chi connectivity index (χ2v) is 2.86. The van der Waals surface area contributed by atoms with Crippen molar-refractivity contribution in [2.24, 2.45) is 0 Å². The van der Waals surface area contributed by atoms with Crippen LogP contribution in [0.25, 0.3) is 0 Å². The highest BCUT2D eigenvalue weighted by atomic mass is 16.5. The van der Waals surface area contributed by atoms with Crippen LogP contribution in [0.5, 0.6) is 0 Å². The van der Waals surface area contributed by atoms with Crippen molar-refractivity contribution in [3.05, 3.63) is 0 Å². The molecule has 0 aromatic carbocycles. The molecule has 0 saturated carbocycles. The minimum atomic E-state index is -0.955. The van der Waals surface area contributed by atoms with Gasteiger partial charge in [-0.25, -0.2) is 4.79 Å². The fraction of sp³-hybridized carbons (Fsp3) is 0.857. The fourth-order valence-electron chi connectivity index (χ4n) is 1.31. The molecule has 2 N–H and O–H groups in total. The molecule has 12 heavy (non-hydrogen) atoms. The molecule has 1 fully saturated rings. The average Bonchev–Trinajstić information content (AvgIpc) is 2.05. The first kappa shape index (κ1) is 9.28. The quantitative estimate of drug-likeness (QED) is 0.576. The Balaban J connectivity index is 2.49. The van der Waals surface area contributed by atoms with Crippen molar-refractivity contribution < 1.29 is 19.7 Å². The van der Waals surface area contributed by atoms with Crippen molar-refractivity contribution in [1.29, 1.82) is 0 Å². The maximum Gasteiger partial charge on any atom is 0.407 e. The van der Waals surface area contributed by atoms with Gasteiger partial charge >= 0.3 is 6.09 Å². The molecule has 5 heteroatoms. The smallest absolute Gasteiger partial charge is 0.407 e. The highest BCUT2D eigenvalue weighted by molar-refractivity contribution is 5.65. The Hall–Kier alpha value is -0.810. The molecular formula is C7H13NO4. The van der Waals surface area contributed by atoms with E-state index >= 15 is 0 Å². The monoisotopic (exact) mass is 175 g/mol. The number of aliphatic hydroxyl groups is 1. The lowest BCUT2D eigenvalue weighted by Gasteiger charge is -2.33. The third kappa shape index (κ3) is 1.86. The van der Waals surface area contributed by atoms with Gasteiger partial charge in [-0.15, -0.1) is 0 Å². The molecule has 0 aliphatic carbocycles. The van der Waals surface area contributed by atoms with Crippen molar-refractivity contribution in [1.82, 2.24) is 4.90 Å². The Labute approximate surface area is 70.5 Å². The largest absolute Gasteiger partial charge is 0.465 e. The summed E-state index contributed by atoms with van der Waals surface area (Å²) in [5, 5.41) is 18.0. The summed E-state index contributed by atoms with van der Waals surface area (Å²) in [6.45, 7) is 0.642. The van der Waals surface area contributed by atoms with Gasteiger partial charge in [0.2, 0.25) is 0 Å². The molecule has 1 aliphatic rings. The molecule has 0 unspecified atom stereocenters. The van der Waals surface area contributed by atoms with Crippen LogP contribution in [-0.2, 0) is 4.74 Å². The van der Waals surface area contributed by atoms with Crippen LogP contribution in [0.3, 0.4) is 0 Å². The summed E-state index contributed by atoms with van der Waals surface area (Å²) in [5.74, 6) is 0. The van der Waals surface area contributed by atoms with E-state index in [2.05, 4.69) is 0 Å². The Morgan fingerprint density at radius 2 is 2.33 bits per heavy atom. The molecule has 1 amide bonds. The summed E-state index contributed by atoms with van der Waals surface area (Å²) in [6, 6.07) is 0. The lowest BCUT2D eigenvalue weighted by molar-refractivity contribution is -0.0552. The first-order chi connectivity index (χ1) is 5.65. The highest BCUT2D eigenvalue weighted by Crippen LogP contribution is 2.13. The Bertz CT molecular complexity index is 173. The lowest BCUT2D eigenvalue weighted by Crippen LogP contribution is -2.49. The summed E-state index contributed by atoms with van der Waals surface area (Å²) >= 11 is 0. The number of aliphatic hydroxyl groups excluding tert-OH is 1. The first-order valence-corrected chi connectivity index (χ1v) is 3.84. The number of ether oxygens (including phenoxy) is 1. The molecule has 2 atom stereocenters. The van der Waals surface area contributed by atoms with Crippen molar-refractivity contribution in [3.8, 4) is 0 Å². The molecule has 1 saturated heterocycles. The molecule has 0 spiro atoms. The molecule has 0 radical (unpaired) electrons. The normalized spacial score (nSPS) is 30.3. The van der Waals surface area contributed by atoms with E-state index in [9.17, 15) is 9.90 Å². The van der Waals surface area contributed by atoms with Crippen LogP contribution in [-0.4, -0.2) is 53.6 Å². The van der Waals surface area contributed by atoms with Crippen molar-refractivity contribution in [3.63, 3.8) is 0 Å². The number of hydrogen-bond donors (Lipinski definition) is 2. The number of methoxy groups -OCH3 is 1. The molecule has 1 rings (SSSR count). The van der Waals surface area contributed by atoms with Gasteiger partial charge in [0.25, 0.3) is 0 Å². The van der Waals surface area contributed by atoms with Crippen LogP contribution < -0.4 is 0 Å². The molecular weight excluding hydrogens is 162 g/mol. The van der Waals surface area contributed by atoms with Gasteiger partial charge in [0, 0.05) is 13.7 Å². The summed E-state index contributed by atoms with van der Waals surface area (Å²) in [6.07, 6.45) is -1.42. The van der Waals surface area contributed by atoms with Crippen LogP contribution in [0, 0.1) is 0 Å². The van der Waals surface area contributed by atoms with Gasteiger partial charge in [-0.05, 0) is 6.42 Å². The topological polar surface area (TPSA) is 70.0 Å². The standard InChI is InChI=1S/C7H13NO4/c1-12-6-4-8(7(10)11)3-2-5(6)9/h5-6,9H,2-4H2,1H3,(H,10,11)/t5-,6+/m0/s1. The average molecular weight is 175 g/mol. The zero-order valence-corrected chi connectivity index (χ0v) is 6.93. The number of likely N-dealkylation sites (tertiary alicyclic amines) is 1. The third-order valence-corrected chi connectivity index (χ3v) is 2.10. The predicted molar refractivity (Wildman–Crippen MR) is 41.0 cm³/mol. The number of carboxylic acid groups (broad SMARTS) is 1. The summed E-state index contributed by atoms with van der Waals surface area (Å²) < 4.78 is 4.93. The van der Waals surface area contributed by atoms with Crippen molar-refractivity contribution in [2.75, 3.05) is 20.2 Å². The van der Waals surface area contributed by atoms with Gasteiger partial charge < -0.3 is 19.8 Å². The van der Waals surface area contributed by atoms with Gasteiger partial charge in [-0.2, -0.15) is 0 Å². The molecule has 0 bridgehead atoms. The number of carbonyl (C=O) groups is 1.